The Hall–Kier alpha value is -2.63. The zero-order chi connectivity index (χ0) is 13.8. The molecule has 3 heterocycles. The Kier molecular flexibility index (Phi) is 3.45. The third-order valence-corrected chi connectivity index (χ3v) is 3.16. The van der Waals surface area contributed by atoms with Gasteiger partial charge in [-0.25, -0.2) is 15.0 Å². The van der Waals surface area contributed by atoms with Crippen molar-refractivity contribution < 1.29 is 0 Å². The van der Waals surface area contributed by atoms with E-state index in [4.69, 9.17) is 5.73 Å². The molecule has 0 aliphatic heterocycles. The van der Waals surface area contributed by atoms with Crippen molar-refractivity contribution in [2.45, 2.75) is 19.4 Å². The lowest BCUT2D eigenvalue weighted by molar-refractivity contribution is 0.635. The van der Waals surface area contributed by atoms with Gasteiger partial charge in [-0.1, -0.05) is 0 Å². The van der Waals surface area contributed by atoms with Crippen LogP contribution in [0.5, 0.6) is 0 Å². The first-order chi connectivity index (χ1) is 9.83. The molecule has 0 aliphatic rings. The molecule has 0 unspecified atom stereocenters. The molecular formula is C14H16N6. The third-order valence-electron chi connectivity index (χ3n) is 3.16. The standard InChI is InChI=1S/C14H16N6/c15-13-4-3-11(8-19-13)12-9-16-10-20(12)7-1-2-14-17-5-6-18-14/h3-6,8-10H,1-2,7H2,(H2,15,19)(H,17,18). The molecule has 0 aliphatic carbocycles. The third kappa shape index (κ3) is 2.69. The zero-order valence-corrected chi connectivity index (χ0v) is 11.0. The molecule has 0 spiro atoms. The van der Waals surface area contributed by atoms with E-state index in [0.717, 1.165) is 36.5 Å². The van der Waals surface area contributed by atoms with Crippen molar-refractivity contribution in [1.29, 1.82) is 0 Å². The zero-order valence-electron chi connectivity index (χ0n) is 11.0. The molecule has 6 heteroatoms. The lowest BCUT2D eigenvalue weighted by atomic mass is 10.2. The molecule has 0 atom stereocenters. The topological polar surface area (TPSA) is 85.4 Å². The van der Waals surface area contributed by atoms with Gasteiger partial charge in [0.05, 0.1) is 18.2 Å². The van der Waals surface area contributed by atoms with Crippen LogP contribution in [0.4, 0.5) is 5.82 Å². The van der Waals surface area contributed by atoms with Crippen LogP contribution < -0.4 is 5.73 Å². The number of imidazole rings is 2. The van der Waals surface area contributed by atoms with E-state index in [9.17, 15) is 0 Å². The minimum Gasteiger partial charge on any atom is -0.384 e. The number of anilines is 1. The highest BCUT2D eigenvalue weighted by Crippen LogP contribution is 2.19. The molecule has 6 nitrogen and oxygen atoms in total. The summed E-state index contributed by atoms with van der Waals surface area (Å²) in [6.45, 7) is 0.889. The van der Waals surface area contributed by atoms with Crippen LogP contribution in [0.3, 0.4) is 0 Å². The van der Waals surface area contributed by atoms with Gasteiger partial charge in [0.1, 0.15) is 11.6 Å². The smallest absolute Gasteiger partial charge is 0.123 e. The number of pyridine rings is 1. The summed E-state index contributed by atoms with van der Waals surface area (Å²) in [7, 11) is 0. The number of aryl methyl sites for hydroxylation is 2. The molecule has 20 heavy (non-hydrogen) atoms. The maximum absolute atomic E-state index is 5.61. The average molecular weight is 268 g/mol. The summed E-state index contributed by atoms with van der Waals surface area (Å²) in [6.07, 6.45) is 11.0. The van der Waals surface area contributed by atoms with Gasteiger partial charge in [0.25, 0.3) is 0 Å². The first-order valence-corrected chi connectivity index (χ1v) is 6.53. The van der Waals surface area contributed by atoms with E-state index in [-0.39, 0.29) is 0 Å². The predicted octanol–water partition coefficient (Wildman–Crippen LogP) is 1.88. The summed E-state index contributed by atoms with van der Waals surface area (Å²) < 4.78 is 2.12. The summed E-state index contributed by atoms with van der Waals surface area (Å²) in [4.78, 5) is 15.7. The number of hydrogen-bond acceptors (Lipinski definition) is 4. The number of nitrogens with two attached hydrogens (primary N) is 1. The Bertz CT molecular complexity index is 653. The van der Waals surface area contributed by atoms with Crippen LogP contribution in [0, 0.1) is 0 Å². The highest BCUT2D eigenvalue weighted by Gasteiger charge is 2.05. The Morgan fingerprint density at radius 1 is 1.20 bits per heavy atom. The summed E-state index contributed by atoms with van der Waals surface area (Å²) >= 11 is 0. The second kappa shape index (κ2) is 5.56. The van der Waals surface area contributed by atoms with Gasteiger partial charge in [-0.15, -0.1) is 0 Å². The lowest BCUT2D eigenvalue weighted by Gasteiger charge is -2.07. The fourth-order valence-corrected chi connectivity index (χ4v) is 2.15. The van der Waals surface area contributed by atoms with Crippen molar-refractivity contribution in [2.75, 3.05) is 5.73 Å². The van der Waals surface area contributed by atoms with E-state index in [1.54, 1.807) is 18.5 Å². The molecular weight excluding hydrogens is 252 g/mol. The fraction of sp³-hybridized carbons (Fsp3) is 0.214. The molecule has 0 fully saturated rings. The summed E-state index contributed by atoms with van der Waals surface area (Å²) in [5.74, 6) is 1.54. The number of hydrogen-bond donors (Lipinski definition) is 2. The molecule has 0 saturated heterocycles. The number of nitrogens with one attached hydrogen (secondary N) is 1. The van der Waals surface area contributed by atoms with Gasteiger partial charge in [-0.05, 0) is 18.6 Å². The summed E-state index contributed by atoms with van der Waals surface area (Å²) in [5, 5.41) is 0. The molecule has 3 aromatic heterocycles. The Balaban J connectivity index is 1.68. The van der Waals surface area contributed by atoms with Crippen molar-refractivity contribution in [3.05, 3.63) is 49.1 Å². The van der Waals surface area contributed by atoms with E-state index in [0.29, 0.717) is 5.82 Å². The molecule has 3 aromatic rings. The summed E-state index contributed by atoms with van der Waals surface area (Å²) in [6, 6.07) is 3.76. The highest BCUT2D eigenvalue weighted by molar-refractivity contribution is 5.59. The molecule has 102 valence electrons. The van der Waals surface area contributed by atoms with Crippen LogP contribution in [0.25, 0.3) is 11.3 Å². The van der Waals surface area contributed by atoms with Gasteiger partial charge in [-0.2, -0.15) is 0 Å². The molecule has 0 bridgehead atoms. The minimum atomic E-state index is 0.526. The summed E-state index contributed by atoms with van der Waals surface area (Å²) in [5.41, 5.74) is 7.68. The first-order valence-electron chi connectivity index (χ1n) is 6.53. The number of H-pyrrole nitrogens is 1. The minimum absolute atomic E-state index is 0.526. The van der Waals surface area contributed by atoms with E-state index in [2.05, 4.69) is 24.5 Å². The quantitative estimate of drug-likeness (QED) is 0.740. The van der Waals surface area contributed by atoms with E-state index < -0.39 is 0 Å². The van der Waals surface area contributed by atoms with Crippen LogP contribution in [-0.4, -0.2) is 24.5 Å². The van der Waals surface area contributed by atoms with Crippen molar-refractivity contribution in [3.63, 3.8) is 0 Å². The maximum Gasteiger partial charge on any atom is 0.123 e. The van der Waals surface area contributed by atoms with E-state index >= 15 is 0 Å². The van der Waals surface area contributed by atoms with Gasteiger partial charge in [-0.3, -0.25) is 0 Å². The lowest BCUT2D eigenvalue weighted by Crippen LogP contribution is -2.01. The van der Waals surface area contributed by atoms with Crippen molar-refractivity contribution >= 4 is 5.82 Å². The fourth-order valence-electron chi connectivity index (χ4n) is 2.15. The van der Waals surface area contributed by atoms with Crippen LogP contribution in [0.2, 0.25) is 0 Å². The SMILES string of the molecule is Nc1ccc(-c2cncn2CCCc2ncc[nH]2)cn1. The van der Waals surface area contributed by atoms with Crippen LogP contribution in [-0.2, 0) is 13.0 Å². The van der Waals surface area contributed by atoms with Crippen LogP contribution in [0.1, 0.15) is 12.2 Å². The van der Waals surface area contributed by atoms with Crippen LogP contribution in [0.15, 0.2) is 43.2 Å². The molecule has 0 radical (unpaired) electrons. The molecule has 0 amide bonds. The van der Waals surface area contributed by atoms with Gasteiger partial charge in [0.15, 0.2) is 0 Å². The molecule has 0 aromatic carbocycles. The largest absolute Gasteiger partial charge is 0.384 e. The van der Waals surface area contributed by atoms with Gasteiger partial charge >= 0.3 is 0 Å². The second-order valence-corrected chi connectivity index (χ2v) is 4.58. The maximum atomic E-state index is 5.61. The average Bonchev–Trinajstić information content (AvgIpc) is 3.11. The number of nitrogens with zero attached hydrogens (tertiary/aromatic N) is 4. The normalized spacial score (nSPS) is 10.8. The number of rotatable bonds is 5. The molecule has 0 saturated carbocycles. The molecule has 3 N–H and O–H groups in total. The Labute approximate surface area is 116 Å². The predicted molar refractivity (Wildman–Crippen MR) is 76.8 cm³/mol. The Morgan fingerprint density at radius 3 is 2.90 bits per heavy atom. The van der Waals surface area contributed by atoms with Crippen molar-refractivity contribution in [2.24, 2.45) is 0 Å². The Morgan fingerprint density at radius 2 is 2.15 bits per heavy atom. The second-order valence-electron chi connectivity index (χ2n) is 4.58. The first kappa shape index (κ1) is 12.4. The molecule has 3 rings (SSSR count). The van der Waals surface area contributed by atoms with Gasteiger partial charge < -0.3 is 15.3 Å². The van der Waals surface area contributed by atoms with E-state index in [1.165, 1.54) is 0 Å². The number of aromatic amines is 1. The van der Waals surface area contributed by atoms with Crippen molar-refractivity contribution in [3.8, 4) is 11.3 Å². The highest BCUT2D eigenvalue weighted by atomic mass is 15.0. The number of aromatic nitrogens is 5. The van der Waals surface area contributed by atoms with Crippen molar-refractivity contribution in [1.82, 2.24) is 24.5 Å². The monoisotopic (exact) mass is 268 g/mol. The van der Waals surface area contributed by atoms with Gasteiger partial charge in [0, 0.05) is 37.1 Å². The van der Waals surface area contributed by atoms with E-state index in [1.807, 2.05) is 24.8 Å². The van der Waals surface area contributed by atoms with Crippen LogP contribution >= 0.6 is 0 Å². The number of nitrogen functional groups attached to an aromatic ring is 1. The van der Waals surface area contributed by atoms with Gasteiger partial charge in [0.2, 0.25) is 0 Å².